The lowest BCUT2D eigenvalue weighted by molar-refractivity contribution is 0.0967. The second-order valence-corrected chi connectivity index (χ2v) is 8.11. The first-order valence-electron chi connectivity index (χ1n) is 10.7. The third kappa shape index (κ3) is 3.85. The molecule has 8 nitrogen and oxygen atoms in total. The Kier molecular flexibility index (Phi) is 5.36. The number of aryl methyl sites for hydroxylation is 1. The number of nitrogens with two attached hydrogens (primary N) is 1. The van der Waals surface area contributed by atoms with Gasteiger partial charge in [-0.25, -0.2) is 15.0 Å². The number of pyridine rings is 2. The smallest absolute Gasteiger partial charge is 0.185 e. The Balaban J connectivity index is 1.59. The number of anilines is 1. The third-order valence-corrected chi connectivity index (χ3v) is 5.86. The van der Waals surface area contributed by atoms with Gasteiger partial charge in [0.1, 0.15) is 22.7 Å². The van der Waals surface area contributed by atoms with Gasteiger partial charge in [0, 0.05) is 49.5 Å². The number of ether oxygens (including phenoxy) is 1. The van der Waals surface area contributed by atoms with E-state index in [-0.39, 0.29) is 17.3 Å². The highest BCUT2D eigenvalue weighted by atomic mass is 16.5. The highest BCUT2D eigenvalue weighted by molar-refractivity contribution is 5.99. The predicted octanol–water partition coefficient (Wildman–Crippen LogP) is 3.74. The van der Waals surface area contributed by atoms with E-state index in [2.05, 4.69) is 15.0 Å². The van der Waals surface area contributed by atoms with Crippen LogP contribution in [0.2, 0.25) is 0 Å². The van der Waals surface area contributed by atoms with E-state index in [9.17, 15) is 4.79 Å². The fourth-order valence-electron chi connectivity index (χ4n) is 4.04. The number of ketones is 1. The van der Waals surface area contributed by atoms with Gasteiger partial charge >= 0.3 is 0 Å². The van der Waals surface area contributed by atoms with Gasteiger partial charge in [-0.2, -0.15) is 0 Å². The molecule has 0 bridgehead atoms. The van der Waals surface area contributed by atoms with E-state index in [1.807, 2.05) is 54.0 Å². The summed E-state index contributed by atoms with van der Waals surface area (Å²) in [5.41, 5.74) is 10.8. The summed E-state index contributed by atoms with van der Waals surface area (Å²) in [5.74, 6) is 0.435. The molecule has 1 aliphatic heterocycles. The van der Waals surface area contributed by atoms with Gasteiger partial charge < -0.3 is 14.9 Å². The lowest BCUT2D eigenvalue weighted by Crippen LogP contribution is -2.13. The van der Waals surface area contributed by atoms with Crippen molar-refractivity contribution in [2.75, 3.05) is 18.9 Å². The molecule has 1 aliphatic rings. The van der Waals surface area contributed by atoms with Crippen LogP contribution in [0, 0.1) is 12.8 Å². The Morgan fingerprint density at radius 1 is 1.19 bits per heavy atom. The normalized spacial score (nSPS) is 16.0. The fraction of sp³-hybridized carbons (Fsp3) is 0.292. The Bertz CT molecular complexity index is 1280. The molecule has 4 aromatic rings. The molecule has 162 valence electrons. The van der Waals surface area contributed by atoms with Crippen molar-refractivity contribution in [1.29, 1.82) is 0 Å². The van der Waals surface area contributed by atoms with Crippen molar-refractivity contribution >= 4 is 17.2 Å². The van der Waals surface area contributed by atoms with Crippen molar-refractivity contribution in [3.8, 4) is 22.6 Å². The monoisotopic (exact) mass is 428 g/mol. The molecule has 0 amide bonds. The molecule has 0 radical (unpaired) electrons. The minimum atomic E-state index is -0.101. The summed E-state index contributed by atoms with van der Waals surface area (Å²) in [6, 6.07) is 9.43. The van der Waals surface area contributed by atoms with Crippen molar-refractivity contribution in [1.82, 2.24) is 24.3 Å². The van der Waals surface area contributed by atoms with E-state index in [4.69, 9.17) is 15.5 Å². The van der Waals surface area contributed by atoms with E-state index in [0.717, 1.165) is 36.4 Å². The number of nitrogen functional groups attached to an aromatic ring is 1. The first-order chi connectivity index (χ1) is 15.6. The summed E-state index contributed by atoms with van der Waals surface area (Å²) in [4.78, 5) is 31.2. The van der Waals surface area contributed by atoms with Gasteiger partial charge in [-0.3, -0.25) is 9.78 Å². The van der Waals surface area contributed by atoms with Crippen molar-refractivity contribution in [2.24, 2.45) is 5.92 Å². The second-order valence-electron chi connectivity index (χ2n) is 8.11. The molecule has 0 spiro atoms. The zero-order chi connectivity index (χ0) is 22.1. The number of rotatable bonds is 6. The van der Waals surface area contributed by atoms with E-state index in [0.29, 0.717) is 36.0 Å². The lowest BCUT2D eigenvalue weighted by atomic mass is 9.99. The molecule has 1 atom stereocenters. The first kappa shape index (κ1) is 20.3. The lowest BCUT2D eigenvalue weighted by Gasteiger charge is -2.13. The van der Waals surface area contributed by atoms with Gasteiger partial charge in [-0.05, 0) is 49.9 Å². The van der Waals surface area contributed by atoms with Crippen LogP contribution in [-0.4, -0.2) is 43.3 Å². The van der Waals surface area contributed by atoms with E-state index in [1.54, 1.807) is 6.20 Å². The standard InChI is InChI=1S/C24H24N6O2/c1-15-12-27-20-8-6-17(13-30(15)20)21-22(18-4-2-3-10-26-18)29-24(25)23(28-21)19(31)7-5-16-9-11-32-14-16/h2-4,6,8,10,12-13,16H,5,7,9,11,14H2,1H3,(H2,25,29). The summed E-state index contributed by atoms with van der Waals surface area (Å²) in [5, 5.41) is 0. The van der Waals surface area contributed by atoms with Crippen molar-refractivity contribution in [2.45, 2.75) is 26.2 Å². The molecule has 5 heterocycles. The Labute approximate surface area is 185 Å². The Morgan fingerprint density at radius 2 is 2.09 bits per heavy atom. The van der Waals surface area contributed by atoms with E-state index >= 15 is 0 Å². The third-order valence-electron chi connectivity index (χ3n) is 5.86. The number of nitrogens with zero attached hydrogens (tertiary/aromatic N) is 5. The van der Waals surface area contributed by atoms with Gasteiger partial charge in [0.25, 0.3) is 0 Å². The van der Waals surface area contributed by atoms with Crippen molar-refractivity contribution < 1.29 is 9.53 Å². The van der Waals surface area contributed by atoms with Gasteiger partial charge in [0.2, 0.25) is 0 Å². The summed E-state index contributed by atoms with van der Waals surface area (Å²) >= 11 is 0. The van der Waals surface area contributed by atoms with Gasteiger partial charge in [0.05, 0.1) is 5.69 Å². The molecule has 1 fully saturated rings. The molecule has 0 saturated carbocycles. The molecule has 1 unspecified atom stereocenters. The van der Waals surface area contributed by atoms with Crippen LogP contribution >= 0.6 is 0 Å². The minimum absolute atomic E-state index is 0.101. The molecule has 32 heavy (non-hydrogen) atoms. The van der Waals surface area contributed by atoms with Crippen LogP contribution in [0.4, 0.5) is 5.82 Å². The Hall–Kier alpha value is -3.65. The SMILES string of the molecule is Cc1cnc2ccc(-c3nc(C(=O)CCC4CCOC4)c(N)nc3-c3ccccn3)cn12. The number of fused-ring (bicyclic) bond motifs is 1. The Morgan fingerprint density at radius 3 is 2.88 bits per heavy atom. The summed E-state index contributed by atoms with van der Waals surface area (Å²) < 4.78 is 7.40. The van der Waals surface area contributed by atoms with E-state index in [1.165, 1.54) is 0 Å². The molecule has 5 rings (SSSR count). The maximum Gasteiger partial charge on any atom is 0.185 e. The molecule has 2 N–H and O–H groups in total. The number of carbonyl (C=O) groups is 1. The zero-order valence-corrected chi connectivity index (χ0v) is 17.9. The molecule has 8 heteroatoms. The van der Waals surface area contributed by atoms with Crippen LogP contribution in [0.15, 0.2) is 48.9 Å². The number of hydrogen-bond acceptors (Lipinski definition) is 7. The maximum absolute atomic E-state index is 13.0. The highest BCUT2D eigenvalue weighted by Crippen LogP contribution is 2.31. The molecular formula is C24H24N6O2. The maximum atomic E-state index is 13.0. The molecule has 0 aromatic carbocycles. The second kappa shape index (κ2) is 8.47. The number of imidazole rings is 1. The average molecular weight is 428 g/mol. The number of carbonyl (C=O) groups excluding carboxylic acids is 1. The fourth-order valence-corrected chi connectivity index (χ4v) is 4.04. The van der Waals surface area contributed by atoms with Crippen LogP contribution in [0.1, 0.15) is 35.4 Å². The minimum Gasteiger partial charge on any atom is -0.382 e. The topological polar surface area (TPSA) is 108 Å². The highest BCUT2D eigenvalue weighted by Gasteiger charge is 2.23. The number of Topliss-reactive ketones (excluding diaryl/α,β-unsaturated/α-hetero) is 1. The van der Waals surface area contributed by atoms with Crippen LogP contribution in [-0.2, 0) is 4.74 Å². The molecular weight excluding hydrogens is 404 g/mol. The van der Waals surface area contributed by atoms with Crippen molar-refractivity contribution in [3.63, 3.8) is 0 Å². The van der Waals surface area contributed by atoms with Crippen LogP contribution < -0.4 is 5.73 Å². The average Bonchev–Trinajstić information content (AvgIpc) is 3.47. The van der Waals surface area contributed by atoms with E-state index < -0.39 is 0 Å². The van der Waals surface area contributed by atoms with Crippen LogP contribution in [0.3, 0.4) is 0 Å². The molecule has 1 saturated heterocycles. The quantitative estimate of drug-likeness (QED) is 0.466. The summed E-state index contributed by atoms with van der Waals surface area (Å²) in [6.45, 7) is 3.46. The summed E-state index contributed by atoms with van der Waals surface area (Å²) in [6.07, 6.45) is 7.58. The van der Waals surface area contributed by atoms with Gasteiger partial charge in [0.15, 0.2) is 11.6 Å². The number of hydrogen-bond donors (Lipinski definition) is 1. The molecule has 4 aromatic heterocycles. The van der Waals surface area contributed by atoms with Gasteiger partial charge in [-0.15, -0.1) is 0 Å². The predicted molar refractivity (Wildman–Crippen MR) is 121 cm³/mol. The number of aromatic nitrogens is 5. The summed E-state index contributed by atoms with van der Waals surface area (Å²) in [7, 11) is 0. The van der Waals surface area contributed by atoms with Crippen molar-refractivity contribution in [3.05, 3.63) is 60.3 Å². The zero-order valence-electron chi connectivity index (χ0n) is 17.9. The largest absolute Gasteiger partial charge is 0.382 e. The first-order valence-corrected chi connectivity index (χ1v) is 10.7. The van der Waals surface area contributed by atoms with Crippen LogP contribution in [0.5, 0.6) is 0 Å². The van der Waals surface area contributed by atoms with Crippen LogP contribution in [0.25, 0.3) is 28.3 Å². The molecule has 0 aliphatic carbocycles. The van der Waals surface area contributed by atoms with Gasteiger partial charge in [-0.1, -0.05) is 6.07 Å².